The molecule has 0 aliphatic heterocycles. The quantitative estimate of drug-likeness (QED) is 0.774. The Kier molecular flexibility index (Phi) is 4.17. The molecule has 0 saturated carbocycles. The lowest BCUT2D eigenvalue weighted by Gasteiger charge is -2.03. The molecule has 1 amide bonds. The maximum Gasteiger partial charge on any atom is 0.224 e. The fourth-order valence-corrected chi connectivity index (χ4v) is 1.40. The van der Waals surface area contributed by atoms with Gasteiger partial charge in [-0.05, 0) is 24.5 Å². The van der Waals surface area contributed by atoms with Gasteiger partial charge in [0, 0.05) is 6.54 Å². The van der Waals surface area contributed by atoms with Crippen molar-refractivity contribution in [2.75, 3.05) is 6.54 Å². The predicted molar refractivity (Wildman–Crippen MR) is 58.2 cm³/mol. The molecule has 2 heteroatoms. The maximum atomic E-state index is 11.3. The van der Waals surface area contributed by atoms with Crippen LogP contribution in [0.5, 0.6) is 0 Å². The lowest BCUT2D eigenvalue weighted by molar-refractivity contribution is -0.120. The third kappa shape index (κ3) is 3.21. The van der Waals surface area contributed by atoms with Crippen molar-refractivity contribution in [1.29, 1.82) is 0 Å². The topological polar surface area (TPSA) is 29.1 Å². The van der Waals surface area contributed by atoms with E-state index in [4.69, 9.17) is 0 Å². The van der Waals surface area contributed by atoms with Crippen LogP contribution in [0.25, 0.3) is 0 Å². The molecule has 0 unspecified atom stereocenters. The highest BCUT2D eigenvalue weighted by atomic mass is 16.1. The molecule has 0 bridgehead atoms. The van der Waals surface area contributed by atoms with E-state index in [0.717, 1.165) is 12.0 Å². The molecule has 0 aliphatic carbocycles. The van der Waals surface area contributed by atoms with Crippen molar-refractivity contribution in [2.24, 2.45) is 0 Å². The van der Waals surface area contributed by atoms with Gasteiger partial charge < -0.3 is 5.32 Å². The zero-order valence-corrected chi connectivity index (χ0v) is 8.84. The Balaban J connectivity index is 2.62. The van der Waals surface area contributed by atoms with Crippen molar-refractivity contribution >= 4 is 5.91 Å². The molecule has 14 heavy (non-hydrogen) atoms. The van der Waals surface area contributed by atoms with Crippen LogP contribution in [0, 0.1) is 0 Å². The molecule has 1 aromatic rings. The highest BCUT2D eigenvalue weighted by molar-refractivity contribution is 5.78. The van der Waals surface area contributed by atoms with E-state index in [2.05, 4.69) is 24.4 Å². The Bertz CT molecular complexity index is 307. The first-order valence-corrected chi connectivity index (χ1v) is 5.10. The van der Waals surface area contributed by atoms with E-state index >= 15 is 0 Å². The molecule has 0 spiro atoms. The molecule has 0 heterocycles. The Morgan fingerprint density at radius 1 is 1.29 bits per heavy atom. The first-order valence-electron chi connectivity index (χ1n) is 5.10. The standard InChI is InChI=1S/C12H17NO/c1-3-10-6-5-7-11(8-10)9-12(14)13-4-2/h5-8H,3-4,9H2,1-2H3,(H,13,14). The molecule has 0 saturated heterocycles. The van der Waals surface area contributed by atoms with Gasteiger partial charge in [-0.15, -0.1) is 0 Å². The summed E-state index contributed by atoms with van der Waals surface area (Å²) in [5, 5.41) is 2.79. The summed E-state index contributed by atoms with van der Waals surface area (Å²) in [7, 11) is 0. The van der Waals surface area contributed by atoms with Crippen molar-refractivity contribution in [3.63, 3.8) is 0 Å². The molecular weight excluding hydrogens is 174 g/mol. The molecule has 1 rings (SSSR count). The van der Waals surface area contributed by atoms with Crippen molar-refractivity contribution in [2.45, 2.75) is 26.7 Å². The van der Waals surface area contributed by atoms with E-state index in [0.29, 0.717) is 13.0 Å². The number of hydrogen-bond donors (Lipinski definition) is 1. The third-order valence-corrected chi connectivity index (χ3v) is 2.14. The van der Waals surface area contributed by atoms with Crippen molar-refractivity contribution in [1.82, 2.24) is 5.32 Å². The zero-order chi connectivity index (χ0) is 10.4. The summed E-state index contributed by atoms with van der Waals surface area (Å²) in [6.45, 7) is 4.75. The minimum atomic E-state index is 0.0979. The molecule has 0 aliphatic rings. The number of aryl methyl sites for hydroxylation is 1. The summed E-state index contributed by atoms with van der Waals surface area (Å²) < 4.78 is 0. The SMILES string of the molecule is CCNC(=O)Cc1cccc(CC)c1. The number of nitrogens with one attached hydrogen (secondary N) is 1. The van der Waals surface area contributed by atoms with Crippen LogP contribution in [-0.4, -0.2) is 12.5 Å². The summed E-state index contributed by atoms with van der Waals surface area (Å²) in [5.41, 5.74) is 2.38. The summed E-state index contributed by atoms with van der Waals surface area (Å²) >= 11 is 0. The summed E-state index contributed by atoms with van der Waals surface area (Å²) in [5.74, 6) is 0.0979. The van der Waals surface area contributed by atoms with Crippen LogP contribution in [0.1, 0.15) is 25.0 Å². The summed E-state index contributed by atoms with van der Waals surface area (Å²) in [4.78, 5) is 11.3. The fraction of sp³-hybridized carbons (Fsp3) is 0.417. The molecule has 1 aromatic carbocycles. The minimum Gasteiger partial charge on any atom is -0.356 e. The monoisotopic (exact) mass is 191 g/mol. The lowest BCUT2D eigenvalue weighted by atomic mass is 10.1. The summed E-state index contributed by atoms with van der Waals surface area (Å²) in [6.07, 6.45) is 1.50. The summed E-state index contributed by atoms with van der Waals surface area (Å²) in [6, 6.07) is 8.18. The highest BCUT2D eigenvalue weighted by Crippen LogP contribution is 2.06. The van der Waals surface area contributed by atoms with Crippen LogP contribution in [0.4, 0.5) is 0 Å². The van der Waals surface area contributed by atoms with Gasteiger partial charge in [0.2, 0.25) is 5.91 Å². The number of benzene rings is 1. The van der Waals surface area contributed by atoms with E-state index in [-0.39, 0.29) is 5.91 Å². The number of likely N-dealkylation sites (N-methyl/N-ethyl adjacent to an activating group) is 1. The Labute approximate surface area is 85.3 Å². The van der Waals surface area contributed by atoms with Gasteiger partial charge in [-0.1, -0.05) is 31.2 Å². The van der Waals surface area contributed by atoms with E-state index in [1.807, 2.05) is 19.1 Å². The Hall–Kier alpha value is -1.31. The number of amides is 1. The number of rotatable bonds is 4. The van der Waals surface area contributed by atoms with Crippen LogP contribution in [0.3, 0.4) is 0 Å². The van der Waals surface area contributed by atoms with E-state index in [9.17, 15) is 4.79 Å². The van der Waals surface area contributed by atoms with Crippen molar-refractivity contribution in [3.05, 3.63) is 35.4 Å². The smallest absolute Gasteiger partial charge is 0.224 e. The third-order valence-electron chi connectivity index (χ3n) is 2.14. The van der Waals surface area contributed by atoms with Crippen molar-refractivity contribution in [3.8, 4) is 0 Å². The minimum absolute atomic E-state index is 0.0979. The second kappa shape index (κ2) is 5.43. The first kappa shape index (κ1) is 10.8. The van der Waals surface area contributed by atoms with E-state index in [1.165, 1.54) is 5.56 Å². The average molecular weight is 191 g/mol. The van der Waals surface area contributed by atoms with Gasteiger partial charge in [0.15, 0.2) is 0 Å². The zero-order valence-electron chi connectivity index (χ0n) is 8.84. The van der Waals surface area contributed by atoms with Crippen molar-refractivity contribution < 1.29 is 4.79 Å². The van der Waals surface area contributed by atoms with Gasteiger partial charge in [-0.25, -0.2) is 0 Å². The molecule has 0 radical (unpaired) electrons. The van der Waals surface area contributed by atoms with Crippen LogP contribution in [0.15, 0.2) is 24.3 Å². The van der Waals surface area contributed by atoms with E-state index < -0.39 is 0 Å². The number of hydrogen-bond acceptors (Lipinski definition) is 1. The maximum absolute atomic E-state index is 11.3. The van der Waals surface area contributed by atoms with Crippen LogP contribution in [-0.2, 0) is 17.6 Å². The Morgan fingerprint density at radius 2 is 2.00 bits per heavy atom. The van der Waals surface area contributed by atoms with Gasteiger partial charge in [0.1, 0.15) is 0 Å². The van der Waals surface area contributed by atoms with Crippen LogP contribution in [0.2, 0.25) is 0 Å². The Morgan fingerprint density at radius 3 is 2.64 bits per heavy atom. The molecule has 0 fully saturated rings. The highest BCUT2D eigenvalue weighted by Gasteiger charge is 2.01. The largest absolute Gasteiger partial charge is 0.356 e. The molecule has 2 nitrogen and oxygen atoms in total. The molecule has 76 valence electrons. The molecular formula is C12H17NO. The fourth-order valence-electron chi connectivity index (χ4n) is 1.40. The van der Waals surface area contributed by atoms with Gasteiger partial charge in [-0.2, -0.15) is 0 Å². The van der Waals surface area contributed by atoms with Gasteiger partial charge in [0.05, 0.1) is 6.42 Å². The second-order valence-corrected chi connectivity index (χ2v) is 3.30. The van der Waals surface area contributed by atoms with Crippen LogP contribution < -0.4 is 5.32 Å². The first-order chi connectivity index (χ1) is 6.76. The number of carbonyl (C=O) groups is 1. The lowest BCUT2D eigenvalue weighted by Crippen LogP contribution is -2.24. The van der Waals surface area contributed by atoms with Gasteiger partial charge in [-0.3, -0.25) is 4.79 Å². The molecule has 0 aromatic heterocycles. The normalized spacial score (nSPS) is 9.86. The molecule has 0 atom stereocenters. The average Bonchev–Trinajstić information content (AvgIpc) is 2.18. The second-order valence-electron chi connectivity index (χ2n) is 3.30. The van der Waals surface area contributed by atoms with E-state index in [1.54, 1.807) is 0 Å². The van der Waals surface area contributed by atoms with Gasteiger partial charge >= 0.3 is 0 Å². The molecule has 1 N–H and O–H groups in total. The predicted octanol–water partition coefficient (Wildman–Crippen LogP) is 1.93. The number of carbonyl (C=O) groups excluding carboxylic acids is 1. The van der Waals surface area contributed by atoms with Crippen LogP contribution >= 0.6 is 0 Å². The van der Waals surface area contributed by atoms with Gasteiger partial charge in [0.25, 0.3) is 0 Å².